The molecular formula is C19H16N2O4S. The number of nitrogens with zero attached hydrogens (tertiary/aromatic N) is 1. The first-order valence-electron chi connectivity index (χ1n) is 7.97. The van der Waals surface area contributed by atoms with Crippen LogP contribution >= 0.6 is 11.8 Å². The lowest BCUT2D eigenvalue weighted by Gasteiger charge is -2.07. The van der Waals surface area contributed by atoms with Crippen molar-refractivity contribution in [2.45, 2.75) is 17.8 Å². The largest absolute Gasteiger partial charge is 0.508 e. The lowest BCUT2D eigenvalue weighted by Crippen LogP contribution is -2.01. The summed E-state index contributed by atoms with van der Waals surface area (Å²) >= 11 is 1.50. The predicted molar refractivity (Wildman–Crippen MR) is 101 cm³/mol. The second kappa shape index (κ2) is 6.42. The number of aromatic nitrogens is 2. The molecule has 0 saturated heterocycles. The zero-order chi connectivity index (χ0) is 18.3. The van der Waals surface area contributed by atoms with Gasteiger partial charge in [0.1, 0.15) is 17.1 Å². The number of thioether (sulfide) groups is 1. The zero-order valence-electron chi connectivity index (χ0n) is 14.2. The van der Waals surface area contributed by atoms with Crippen LogP contribution in [0.15, 0.2) is 50.8 Å². The topological polar surface area (TPSA) is 88.3 Å². The number of aryl methyl sites for hydroxylation is 1. The van der Waals surface area contributed by atoms with Crippen molar-refractivity contribution in [3.05, 3.63) is 57.9 Å². The summed E-state index contributed by atoms with van der Waals surface area (Å²) in [4.78, 5) is 19.7. The van der Waals surface area contributed by atoms with Gasteiger partial charge >= 0.3 is 5.63 Å². The Morgan fingerprint density at radius 2 is 2.12 bits per heavy atom. The van der Waals surface area contributed by atoms with Gasteiger partial charge in [0.25, 0.3) is 0 Å². The van der Waals surface area contributed by atoms with Crippen molar-refractivity contribution in [1.29, 1.82) is 0 Å². The molecule has 0 bridgehead atoms. The number of phenols is 1. The first kappa shape index (κ1) is 16.5. The molecule has 0 atom stereocenters. The molecule has 4 aromatic rings. The highest BCUT2D eigenvalue weighted by molar-refractivity contribution is 7.98. The molecule has 0 radical (unpaired) electrons. The Labute approximate surface area is 152 Å². The van der Waals surface area contributed by atoms with Crippen molar-refractivity contribution in [1.82, 2.24) is 9.97 Å². The molecule has 0 spiro atoms. The number of phenolic OH excluding ortho intramolecular Hbond substituents is 1. The van der Waals surface area contributed by atoms with E-state index in [1.165, 1.54) is 17.8 Å². The maximum Gasteiger partial charge on any atom is 0.336 e. The minimum absolute atomic E-state index is 0.108. The average molecular weight is 368 g/mol. The highest BCUT2D eigenvalue weighted by Crippen LogP contribution is 2.31. The number of methoxy groups -OCH3 is 1. The van der Waals surface area contributed by atoms with Crippen molar-refractivity contribution in [2.75, 3.05) is 7.11 Å². The number of imidazole rings is 1. The third-order valence-electron chi connectivity index (χ3n) is 4.25. The predicted octanol–water partition coefficient (Wildman–Crippen LogP) is 3.98. The fourth-order valence-corrected chi connectivity index (χ4v) is 3.72. The maximum atomic E-state index is 11.9. The second-order valence-electron chi connectivity index (χ2n) is 5.89. The molecule has 6 nitrogen and oxygen atoms in total. The van der Waals surface area contributed by atoms with Gasteiger partial charge in [-0.05, 0) is 36.8 Å². The molecule has 7 heteroatoms. The highest BCUT2D eigenvalue weighted by atomic mass is 32.2. The van der Waals surface area contributed by atoms with Gasteiger partial charge in [-0.1, -0.05) is 11.8 Å². The van der Waals surface area contributed by atoms with E-state index in [4.69, 9.17) is 9.15 Å². The quantitative estimate of drug-likeness (QED) is 0.418. The molecule has 0 aliphatic heterocycles. The standard InChI is InChI=1S/C19H16N2O4S/c1-10-16(22)6-4-13-11(7-17(23)25-18(10)13)9-26-19-20-14-5-3-12(24-2)8-15(14)21-19/h3-8,22H,9H2,1-2H3,(H,20,21). The Morgan fingerprint density at radius 1 is 1.27 bits per heavy atom. The monoisotopic (exact) mass is 368 g/mol. The number of ether oxygens (including phenoxy) is 1. The Bertz CT molecular complexity index is 1180. The fraction of sp³-hybridized carbons (Fsp3) is 0.158. The molecule has 0 amide bonds. The van der Waals surface area contributed by atoms with Crippen molar-refractivity contribution < 1.29 is 14.3 Å². The molecule has 2 aromatic carbocycles. The van der Waals surface area contributed by atoms with E-state index in [2.05, 4.69) is 9.97 Å². The van der Waals surface area contributed by atoms with Crippen molar-refractivity contribution in [3.8, 4) is 11.5 Å². The maximum absolute atomic E-state index is 11.9. The van der Waals surface area contributed by atoms with Gasteiger partial charge in [0.05, 0.1) is 18.1 Å². The molecule has 0 aliphatic carbocycles. The number of aromatic amines is 1. The minimum atomic E-state index is -0.434. The van der Waals surface area contributed by atoms with Crippen LogP contribution in [0.5, 0.6) is 11.5 Å². The van der Waals surface area contributed by atoms with Gasteiger partial charge in [0, 0.05) is 28.8 Å². The number of benzene rings is 2. The molecule has 2 aromatic heterocycles. The van der Waals surface area contributed by atoms with E-state index in [1.54, 1.807) is 26.2 Å². The fourth-order valence-electron chi connectivity index (χ4n) is 2.84. The average Bonchev–Trinajstić information content (AvgIpc) is 3.05. The van der Waals surface area contributed by atoms with Crippen LogP contribution in [0.1, 0.15) is 11.1 Å². The molecule has 0 aliphatic rings. The summed E-state index contributed by atoms with van der Waals surface area (Å²) in [5.41, 5.74) is 3.12. The van der Waals surface area contributed by atoms with E-state index >= 15 is 0 Å². The van der Waals surface area contributed by atoms with Gasteiger partial charge in [0.15, 0.2) is 5.16 Å². The summed E-state index contributed by atoms with van der Waals surface area (Å²) in [6, 6.07) is 10.5. The Balaban J connectivity index is 1.68. The third-order valence-corrected chi connectivity index (χ3v) is 5.17. The van der Waals surface area contributed by atoms with E-state index < -0.39 is 5.63 Å². The summed E-state index contributed by atoms with van der Waals surface area (Å²) in [7, 11) is 1.62. The zero-order valence-corrected chi connectivity index (χ0v) is 15.0. The Morgan fingerprint density at radius 3 is 2.92 bits per heavy atom. The van der Waals surface area contributed by atoms with Crippen LogP contribution in [0.2, 0.25) is 0 Å². The number of aromatic hydroxyl groups is 1. The number of hydrogen-bond donors (Lipinski definition) is 2. The van der Waals surface area contributed by atoms with Crippen LogP contribution < -0.4 is 10.4 Å². The number of fused-ring (bicyclic) bond motifs is 2. The number of hydrogen-bond acceptors (Lipinski definition) is 6. The normalized spacial score (nSPS) is 11.3. The molecule has 0 saturated carbocycles. The van der Waals surface area contributed by atoms with Gasteiger partial charge in [-0.25, -0.2) is 9.78 Å². The van der Waals surface area contributed by atoms with E-state index in [9.17, 15) is 9.90 Å². The summed E-state index contributed by atoms with van der Waals surface area (Å²) in [5, 5.41) is 11.4. The van der Waals surface area contributed by atoms with Crippen LogP contribution in [0, 0.1) is 6.92 Å². The van der Waals surface area contributed by atoms with E-state index in [1.807, 2.05) is 18.2 Å². The lowest BCUT2D eigenvalue weighted by molar-refractivity contribution is 0.415. The smallest absolute Gasteiger partial charge is 0.336 e. The Hall–Kier alpha value is -2.93. The number of rotatable bonds is 4. The summed E-state index contributed by atoms with van der Waals surface area (Å²) in [6.07, 6.45) is 0. The first-order valence-corrected chi connectivity index (χ1v) is 8.95. The lowest BCUT2D eigenvalue weighted by atomic mass is 10.1. The van der Waals surface area contributed by atoms with Crippen LogP contribution in [-0.2, 0) is 5.75 Å². The third kappa shape index (κ3) is 2.90. The molecule has 4 rings (SSSR count). The minimum Gasteiger partial charge on any atom is -0.508 e. The molecular weight excluding hydrogens is 352 g/mol. The van der Waals surface area contributed by atoms with Crippen LogP contribution in [0.4, 0.5) is 0 Å². The molecule has 132 valence electrons. The van der Waals surface area contributed by atoms with Gasteiger partial charge in [-0.3, -0.25) is 0 Å². The molecule has 0 unspecified atom stereocenters. The van der Waals surface area contributed by atoms with Crippen molar-refractivity contribution in [2.24, 2.45) is 0 Å². The van der Waals surface area contributed by atoms with E-state index in [-0.39, 0.29) is 5.75 Å². The van der Waals surface area contributed by atoms with Crippen LogP contribution in [0.3, 0.4) is 0 Å². The SMILES string of the molecule is COc1ccc2nc(SCc3cc(=O)oc4c(C)c(O)ccc34)[nH]c2c1. The van der Waals surface area contributed by atoms with Gasteiger partial charge < -0.3 is 19.2 Å². The summed E-state index contributed by atoms with van der Waals surface area (Å²) in [5.74, 6) is 1.42. The van der Waals surface area contributed by atoms with Crippen molar-refractivity contribution in [3.63, 3.8) is 0 Å². The summed E-state index contributed by atoms with van der Waals surface area (Å²) < 4.78 is 10.5. The highest BCUT2D eigenvalue weighted by Gasteiger charge is 2.12. The molecule has 2 N–H and O–H groups in total. The molecule has 0 fully saturated rings. The number of H-pyrrole nitrogens is 1. The van der Waals surface area contributed by atoms with Crippen molar-refractivity contribution >= 4 is 33.8 Å². The van der Waals surface area contributed by atoms with Crippen LogP contribution in [-0.4, -0.2) is 22.2 Å². The van der Waals surface area contributed by atoms with Crippen LogP contribution in [0.25, 0.3) is 22.0 Å². The molecule has 2 heterocycles. The number of nitrogens with one attached hydrogen (secondary N) is 1. The molecule has 26 heavy (non-hydrogen) atoms. The summed E-state index contributed by atoms with van der Waals surface area (Å²) in [6.45, 7) is 1.73. The Kier molecular flexibility index (Phi) is 4.08. The van der Waals surface area contributed by atoms with Gasteiger partial charge in [-0.15, -0.1) is 0 Å². The van der Waals surface area contributed by atoms with Gasteiger partial charge in [-0.2, -0.15) is 0 Å². The van der Waals surface area contributed by atoms with E-state index in [0.29, 0.717) is 16.9 Å². The first-order chi connectivity index (χ1) is 12.5. The van der Waals surface area contributed by atoms with E-state index in [0.717, 1.165) is 32.9 Å². The second-order valence-corrected chi connectivity index (χ2v) is 6.85. The van der Waals surface area contributed by atoms with Gasteiger partial charge in [0.2, 0.25) is 0 Å².